The van der Waals surface area contributed by atoms with E-state index < -0.39 is 19.8 Å². The number of carbonyl (C=O) groups is 2. The lowest BCUT2D eigenvalue weighted by Gasteiger charge is -2.22. The highest BCUT2D eigenvalue weighted by molar-refractivity contribution is 7.61. The molecule has 2 amide bonds. The van der Waals surface area contributed by atoms with Crippen molar-refractivity contribution >= 4 is 25.5 Å². The van der Waals surface area contributed by atoms with E-state index in [-0.39, 0.29) is 0 Å². The van der Waals surface area contributed by atoms with Crippen LogP contribution in [-0.4, -0.2) is 26.4 Å². The summed E-state index contributed by atoms with van der Waals surface area (Å²) in [4.78, 5) is 22.0. The fourth-order valence-corrected chi connectivity index (χ4v) is 2.31. The van der Waals surface area contributed by atoms with E-state index in [1.165, 1.54) is 0 Å². The maximum Gasteiger partial charge on any atom is 0.421 e. The monoisotopic (exact) mass is 317 g/mol. The van der Waals surface area contributed by atoms with Crippen molar-refractivity contribution in [1.82, 2.24) is 21.2 Å². The molecule has 0 aliphatic carbocycles. The second-order valence-electron chi connectivity index (χ2n) is 3.54. The molecule has 0 aromatic heterocycles. The van der Waals surface area contributed by atoms with Gasteiger partial charge < -0.3 is 14.6 Å². The summed E-state index contributed by atoms with van der Waals surface area (Å²) >= 11 is 0. The van der Waals surface area contributed by atoms with Crippen LogP contribution in [0.15, 0.2) is 30.3 Å². The number of rotatable bonds is 6. The summed E-state index contributed by atoms with van der Waals surface area (Å²) in [7, 11) is -1.36. The summed E-state index contributed by atoms with van der Waals surface area (Å²) in [6.07, 6.45) is -1.71. The molecule has 0 saturated carbocycles. The van der Waals surface area contributed by atoms with E-state index in [4.69, 9.17) is 0 Å². The van der Waals surface area contributed by atoms with E-state index in [9.17, 15) is 14.2 Å². The van der Waals surface area contributed by atoms with Crippen LogP contribution in [0, 0.1) is 0 Å². The summed E-state index contributed by atoms with van der Waals surface area (Å²) in [6.45, 7) is 0. The minimum Gasteiger partial charge on any atom is -0.452 e. The van der Waals surface area contributed by atoms with Crippen LogP contribution in [0.3, 0.4) is 0 Å². The van der Waals surface area contributed by atoms with Gasteiger partial charge in [0, 0.05) is 5.69 Å². The lowest BCUT2D eigenvalue weighted by atomic mass is 10.3. The average Bonchev–Trinajstić information content (AvgIpc) is 2.51. The topological polar surface area (TPSA) is 130 Å². The Morgan fingerprint density at radius 2 is 1.43 bits per heavy atom. The smallest absolute Gasteiger partial charge is 0.421 e. The summed E-state index contributed by atoms with van der Waals surface area (Å²) in [5.41, 5.74) is 4.57. The van der Waals surface area contributed by atoms with Gasteiger partial charge in [-0.05, 0) is 12.1 Å². The fourth-order valence-electron chi connectivity index (χ4n) is 1.13. The third kappa shape index (κ3) is 6.13. The van der Waals surface area contributed by atoms with E-state index in [1.807, 2.05) is 10.9 Å². The highest BCUT2D eigenvalue weighted by Gasteiger charge is 2.23. The second kappa shape index (κ2) is 8.10. The molecule has 0 heterocycles. The van der Waals surface area contributed by atoms with Crippen molar-refractivity contribution in [2.75, 3.05) is 19.3 Å². The second-order valence-corrected chi connectivity index (χ2v) is 5.43. The fraction of sp³-hybridized carbons (Fsp3) is 0.200. The van der Waals surface area contributed by atoms with Gasteiger partial charge in [-0.15, -0.1) is 10.4 Å². The molecule has 0 aliphatic rings. The largest absolute Gasteiger partial charge is 0.452 e. The Balaban J connectivity index is 2.75. The molecule has 0 fully saturated rings. The van der Waals surface area contributed by atoms with Crippen LogP contribution >= 0.6 is 7.59 Å². The Hall–Kier alpha value is -2.29. The number of benzene rings is 1. The third-order valence-corrected chi connectivity index (χ3v) is 3.49. The number of hydrogen-bond acceptors (Lipinski definition) is 5. The van der Waals surface area contributed by atoms with Crippen molar-refractivity contribution in [3.63, 3.8) is 0 Å². The lowest BCUT2D eigenvalue weighted by Crippen LogP contribution is -2.46. The molecule has 11 heteroatoms. The molecule has 0 unspecified atom stereocenters. The van der Waals surface area contributed by atoms with Crippen LogP contribution < -0.4 is 26.3 Å². The molecule has 116 valence electrons. The Bertz CT molecular complexity index is 502. The predicted octanol–water partition coefficient (Wildman–Crippen LogP) is 0.928. The van der Waals surface area contributed by atoms with Gasteiger partial charge in [-0.3, -0.25) is 4.57 Å². The van der Waals surface area contributed by atoms with E-state index in [0.717, 1.165) is 14.2 Å². The zero-order valence-electron chi connectivity index (χ0n) is 11.4. The predicted molar refractivity (Wildman–Crippen MR) is 75.0 cm³/mol. The van der Waals surface area contributed by atoms with E-state index in [0.29, 0.717) is 5.69 Å². The summed E-state index contributed by atoms with van der Waals surface area (Å²) in [5, 5.41) is 7.03. The molecule has 1 aromatic rings. The number of para-hydroxylation sites is 1. The molecular formula is C10H16N5O5P. The highest BCUT2D eigenvalue weighted by atomic mass is 31.2. The molecule has 0 atom stereocenters. The Labute approximate surface area is 121 Å². The molecule has 1 aromatic carbocycles. The van der Waals surface area contributed by atoms with Crippen LogP contribution in [0.1, 0.15) is 0 Å². The summed E-state index contributed by atoms with van der Waals surface area (Å²) in [5.74, 6) is 0. The Kier molecular flexibility index (Phi) is 6.47. The molecule has 1 rings (SSSR count). The molecule has 0 bridgehead atoms. The molecule has 5 N–H and O–H groups in total. The SMILES string of the molecule is COC(=O)NNP(=O)(NNC(=O)OC)Nc1ccccc1. The first-order chi connectivity index (χ1) is 9.99. The number of hydrogen-bond donors (Lipinski definition) is 5. The Morgan fingerprint density at radius 1 is 0.952 bits per heavy atom. The maximum absolute atomic E-state index is 12.5. The van der Waals surface area contributed by atoms with Gasteiger partial charge in [-0.25, -0.2) is 20.4 Å². The first-order valence-corrected chi connectivity index (χ1v) is 7.35. The van der Waals surface area contributed by atoms with Crippen molar-refractivity contribution < 1.29 is 23.6 Å². The quantitative estimate of drug-likeness (QED) is 0.387. The first kappa shape index (κ1) is 16.8. The van der Waals surface area contributed by atoms with Gasteiger partial charge in [0.2, 0.25) is 0 Å². The van der Waals surface area contributed by atoms with Crippen LogP contribution in [-0.2, 0) is 14.0 Å². The van der Waals surface area contributed by atoms with Crippen LogP contribution in [0.25, 0.3) is 0 Å². The molecule has 0 radical (unpaired) electrons. The van der Waals surface area contributed by atoms with Gasteiger partial charge in [0.25, 0.3) is 0 Å². The van der Waals surface area contributed by atoms with Gasteiger partial charge >= 0.3 is 19.8 Å². The van der Waals surface area contributed by atoms with Crippen molar-refractivity contribution in [1.29, 1.82) is 0 Å². The minimum atomic E-state index is -3.65. The summed E-state index contributed by atoms with van der Waals surface area (Å²) < 4.78 is 21.2. The van der Waals surface area contributed by atoms with Gasteiger partial charge in [-0.1, -0.05) is 18.2 Å². The number of amides is 2. The molecule has 0 aliphatic heterocycles. The number of methoxy groups -OCH3 is 2. The minimum absolute atomic E-state index is 0.485. The van der Waals surface area contributed by atoms with Crippen LogP contribution in [0.5, 0.6) is 0 Å². The number of carbonyl (C=O) groups excluding carboxylic acids is 2. The van der Waals surface area contributed by atoms with Gasteiger partial charge in [0.1, 0.15) is 0 Å². The number of anilines is 1. The molecular weight excluding hydrogens is 301 g/mol. The summed E-state index contributed by atoms with van der Waals surface area (Å²) in [6, 6.07) is 8.50. The molecule has 0 saturated heterocycles. The van der Waals surface area contributed by atoms with E-state index in [1.54, 1.807) is 30.3 Å². The average molecular weight is 317 g/mol. The van der Waals surface area contributed by atoms with Crippen molar-refractivity contribution in [2.24, 2.45) is 0 Å². The highest BCUT2D eigenvalue weighted by Crippen LogP contribution is 2.34. The molecule has 21 heavy (non-hydrogen) atoms. The van der Waals surface area contributed by atoms with Crippen LogP contribution in [0.2, 0.25) is 0 Å². The van der Waals surface area contributed by atoms with Gasteiger partial charge in [0.15, 0.2) is 0 Å². The van der Waals surface area contributed by atoms with Gasteiger partial charge in [0.05, 0.1) is 14.2 Å². The number of hydrazine groups is 2. The van der Waals surface area contributed by atoms with E-state index >= 15 is 0 Å². The normalized spacial score (nSPS) is 10.4. The number of ether oxygens (including phenoxy) is 2. The number of nitrogens with one attached hydrogen (secondary N) is 5. The lowest BCUT2D eigenvalue weighted by molar-refractivity contribution is 0.168. The van der Waals surface area contributed by atoms with Crippen molar-refractivity contribution in [3.05, 3.63) is 30.3 Å². The Morgan fingerprint density at radius 3 is 1.86 bits per heavy atom. The van der Waals surface area contributed by atoms with Crippen LogP contribution in [0.4, 0.5) is 15.3 Å². The maximum atomic E-state index is 12.5. The standard InChI is InChI=1S/C10H16N5O5P/c1-19-9(16)11-14-21(18,15-12-10(17)20-2)13-8-6-4-3-5-7-8/h3-7H,1-2H3,(H,11,16)(H,12,17)(H3,13,14,15,18). The van der Waals surface area contributed by atoms with Gasteiger partial charge in [-0.2, -0.15) is 0 Å². The third-order valence-electron chi connectivity index (χ3n) is 2.06. The van der Waals surface area contributed by atoms with Crippen molar-refractivity contribution in [2.45, 2.75) is 0 Å². The van der Waals surface area contributed by atoms with Crippen molar-refractivity contribution in [3.8, 4) is 0 Å². The zero-order chi connectivity index (χ0) is 15.7. The molecule has 10 nitrogen and oxygen atoms in total. The van der Waals surface area contributed by atoms with E-state index in [2.05, 4.69) is 25.0 Å². The molecule has 0 spiro atoms. The first-order valence-electron chi connectivity index (χ1n) is 5.65. The zero-order valence-corrected chi connectivity index (χ0v) is 12.3.